The molecule has 0 spiro atoms. The van der Waals surface area contributed by atoms with E-state index in [0.29, 0.717) is 39.4 Å². The quantitative estimate of drug-likeness (QED) is 0.369. The van der Waals surface area contributed by atoms with Crippen LogP contribution in [0.4, 0.5) is 0 Å². The average Bonchev–Trinajstić information content (AvgIpc) is 3.34. The number of H-pyrrole nitrogens is 1. The molecule has 0 saturated heterocycles. The van der Waals surface area contributed by atoms with Crippen LogP contribution < -0.4 is 10.9 Å². The fourth-order valence-electron chi connectivity index (χ4n) is 4.28. The van der Waals surface area contributed by atoms with E-state index in [1.54, 1.807) is 6.92 Å². The summed E-state index contributed by atoms with van der Waals surface area (Å²) in [6, 6.07) is 19.8. The van der Waals surface area contributed by atoms with Gasteiger partial charge in [0, 0.05) is 24.2 Å². The minimum atomic E-state index is -0.222. The molecule has 0 saturated carbocycles. The van der Waals surface area contributed by atoms with Gasteiger partial charge in [0.25, 0.3) is 11.5 Å². The Balaban J connectivity index is 1.39. The van der Waals surface area contributed by atoms with E-state index in [-0.39, 0.29) is 11.5 Å². The van der Waals surface area contributed by atoms with Gasteiger partial charge in [-0.15, -0.1) is 11.3 Å². The molecule has 5 aromatic rings. The van der Waals surface area contributed by atoms with Crippen molar-refractivity contribution >= 4 is 27.5 Å². The number of thiophene rings is 1. The smallest absolute Gasteiger partial charge is 0.261 e. The number of aryl methyl sites for hydroxylation is 2. The third kappa shape index (κ3) is 4.40. The van der Waals surface area contributed by atoms with Crippen molar-refractivity contribution < 1.29 is 4.79 Å². The van der Waals surface area contributed by atoms with E-state index in [9.17, 15) is 9.59 Å². The number of nitrogens with zero attached hydrogens (tertiary/aromatic N) is 3. The summed E-state index contributed by atoms with van der Waals surface area (Å²) in [6.45, 7) is 6.08. The Bertz CT molecular complexity index is 1580. The summed E-state index contributed by atoms with van der Waals surface area (Å²) in [7, 11) is 0. The summed E-state index contributed by atoms with van der Waals surface area (Å²) in [5.74, 6) is 0.363. The highest BCUT2D eigenvalue weighted by Crippen LogP contribution is 2.27. The molecule has 2 aromatic carbocycles. The summed E-state index contributed by atoms with van der Waals surface area (Å²) in [5.41, 5.74) is 5.28. The first-order valence-corrected chi connectivity index (χ1v) is 12.2. The van der Waals surface area contributed by atoms with Gasteiger partial charge in [0.2, 0.25) is 0 Å². The van der Waals surface area contributed by atoms with Crippen molar-refractivity contribution in [2.24, 2.45) is 0 Å². The van der Waals surface area contributed by atoms with E-state index in [1.807, 2.05) is 79.2 Å². The number of hydrogen-bond acceptors (Lipinski definition) is 5. The number of para-hydroxylation sites is 1. The molecular formula is C27H25N5O2S. The number of carbonyl (C=O) groups is 1. The van der Waals surface area contributed by atoms with Crippen molar-refractivity contribution in [3.8, 4) is 5.69 Å². The van der Waals surface area contributed by atoms with Crippen LogP contribution in [0.1, 0.15) is 43.6 Å². The van der Waals surface area contributed by atoms with Gasteiger partial charge in [-0.3, -0.25) is 9.59 Å². The number of hydrogen-bond donors (Lipinski definition) is 2. The Kier molecular flexibility index (Phi) is 6.05. The predicted octanol–water partition coefficient (Wildman–Crippen LogP) is 4.62. The lowest BCUT2D eigenvalue weighted by molar-refractivity contribution is 0.0954. The number of aromatic amines is 1. The summed E-state index contributed by atoms with van der Waals surface area (Å²) < 4.78 is 1.89. The van der Waals surface area contributed by atoms with Crippen LogP contribution in [-0.2, 0) is 13.0 Å². The molecule has 1 amide bonds. The van der Waals surface area contributed by atoms with Crippen LogP contribution in [0.3, 0.4) is 0 Å². The standard InChI is InChI=1S/C27H25N5O2S/c1-16-23-25(33)29-22(14-19-10-6-4-7-11-19)30-27(23)35-24(16)26(34)28-15-21-17(2)31-32(18(21)3)20-12-8-5-9-13-20/h4-13H,14-15H2,1-3H3,(H,28,34)(H,29,30,33). The van der Waals surface area contributed by atoms with Gasteiger partial charge < -0.3 is 10.3 Å². The summed E-state index contributed by atoms with van der Waals surface area (Å²) in [4.78, 5) is 34.6. The highest BCUT2D eigenvalue weighted by molar-refractivity contribution is 7.20. The van der Waals surface area contributed by atoms with E-state index in [2.05, 4.69) is 20.4 Å². The van der Waals surface area contributed by atoms with Crippen molar-refractivity contribution in [3.63, 3.8) is 0 Å². The molecule has 2 N–H and O–H groups in total. The van der Waals surface area contributed by atoms with Crippen molar-refractivity contribution in [1.82, 2.24) is 25.1 Å². The molecule has 35 heavy (non-hydrogen) atoms. The van der Waals surface area contributed by atoms with Gasteiger partial charge in [0.05, 0.1) is 21.6 Å². The third-order valence-electron chi connectivity index (χ3n) is 6.14. The number of amides is 1. The van der Waals surface area contributed by atoms with Gasteiger partial charge >= 0.3 is 0 Å². The monoisotopic (exact) mass is 483 g/mol. The Labute approximate surface area is 206 Å². The second-order valence-corrected chi connectivity index (χ2v) is 9.49. The molecule has 0 bridgehead atoms. The van der Waals surface area contributed by atoms with Crippen LogP contribution in [-0.4, -0.2) is 25.7 Å². The zero-order valence-corrected chi connectivity index (χ0v) is 20.6. The first kappa shape index (κ1) is 22.7. The van der Waals surface area contributed by atoms with E-state index >= 15 is 0 Å². The lowest BCUT2D eigenvalue weighted by Crippen LogP contribution is -2.23. The summed E-state index contributed by atoms with van der Waals surface area (Å²) >= 11 is 1.25. The molecule has 0 aliphatic heterocycles. The van der Waals surface area contributed by atoms with Crippen LogP contribution in [0, 0.1) is 20.8 Å². The number of rotatable bonds is 6. The van der Waals surface area contributed by atoms with Gasteiger partial charge in [-0.2, -0.15) is 5.10 Å². The second-order valence-electron chi connectivity index (χ2n) is 8.49. The third-order valence-corrected chi connectivity index (χ3v) is 7.32. The van der Waals surface area contributed by atoms with Crippen LogP contribution in [0.15, 0.2) is 65.5 Å². The van der Waals surface area contributed by atoms with E-state index < -0.39 is 0 Å². The molecule has 176 valence electrons. The lowest BCUT2D eigenvalue weighted by atomic mass is 10.1. The summed E-state index contributed by atoms with van der Waals surface area (Å²) in [6.07, 6.45) is 0.522. The fraction of sp³-hybridized carbons (Fsp3) is 0.185. The first-order chi connectivity index (χ1) is 16.9. The maximum Gasteiger partial charge on any atom is 0.261 e. The van der Waals surface area contributed by atoms with Crippen LogP contribution in [0.25, 0.3) is 15.9 Å². The minimum Gasteiger partial charge on any atom is -0.347 e. The molecule has 8 heteroatoms. The minimum absolute atomic E-state index is 0.218. The van der Waals surface area contributed by atoms with Crippen LogP contribution in [0.5, 0.6) is 0 Å². The molecule has 0 aliphatic rings. The number of fused-ring (bicyclic) bond motifs is 1. The topological polar surface area (TPSA) is 92.7 Å². The molecular weight excluding hydrogens is 458 g/mol. The first-order valence-electron chi connectivity index (χ1n) is 11.4. The maximum atomic E-state index is 13.1. The van der Waals surface area contributed by atoms with Gasteiger partial charge in [0.1, 0.15) is 10.7 Å². The molecule has 0 unspecified atom stereocenters. The molecule has 7 nitrogen and oxygen atoms in total. The van der Waals surface area contributed by atoms with Crippen LogP contribution in [0.2, 0.25) is 0 Å². The van der Waals surface area contributed by atoms with Crippen molar-refractivity contribution in [1.29, 1.82) is 0 Å². The lowest BCUT2D eigenvalue weighted by Gasteiger charge is -2.07. The van der Waals surface area contributed by atoms with Crippen LogP contribution >= 0.6 is 11.3 Å². The van der Waals surface area contributed by atoms with Crippen molar-refractivity contribution in [3.05, 3.63) is 110 Å². The van der Waals surface area contributed by atoms with Gasteiger partial charge in [0.15, 0.2) is 0 Å². The molecule has 0 radical (unpaired) electrons. The van der Waals surface area contributed by atoms with Crippen molar-refractivity contribution in [2.45, 2.75) is 33.7 Å². The normalized spacial score (nSPS) is 11.2. The number of benzene rings is 2. The Morgan fingerprint density at radius 1 is 1.03 bits per heavy atom. The van der Waals surface area contributed by atoms with E-state index in [0.717, 1.165) is 28.2 Å². The average molecular weight is 484 g/mol. The number of nitrogens with one attached hydrogen (secondary N) is 2. The molecule has 3 aromatic heterocycles. The largest absolute Gasteiger partial charge is 0.347 e. The number of carbonyl (C=O) groups excluding carboxylic acids is 1. The Hall–Kier alpha value is -4.04. The highest BCUT2D eigenvalue weighted by Gasteiger charge is 2.20. The van der Waals surface area contributed by atoms with Gasteiger partial charge in [-0.25, -0.2) is 9.67 Å². The highest BCUT2D eigenvalue weighted by atomic mass is 32.1. The zero-order valence-electron chi connectivity index (χ0n) is 19.8. The van der Waals surface area contributed by atoms with E-state index in [1.165, 1.54) is 11.3 Å². The molecule has 0 fully saturated rings. The predicted molar refractivity (Wildman–Crippen MR) is 138 cm³/mol. The van der Waals surface area contributed by atoms with Crippen molar-refractivity contribution in [2.75, 3.05) is 0 Å². The van der Waals surface area contributed by atoms with Gasteiger partial charge in [-0.05, 0) is 44.0 Å². The molecule has 0 aliphatic carbocycles. The Morgan fingerprint density at radius 2 is 1.71 bits per heavy atom. The molecule has 0 atom stereocenters. The zero-order chi connectivity index (χ0) is 24.5. The summed E-state index contributed by atoms with van der Waals surface area (Å²) in [5, 5.41) is 8.14. The Morgan fingerprint density at radius 3 is 2.43 bits per heavy atom. The maximum absolute atomic E-state index is 13.1. The second kappa shape index (κ2) is 9.31. The SMILES string of the molecule is Cc1nn(-c2ccccc2)c(C)c1CNC(=O)c1sc2nc(Cc3ccccc3)[nH]c(=O)c2c1C. The van der Waals surface area contributed by atoms with Gasteiger partial charge in [-0.1, -0.05) is 48.5 Å². The number of aromatic nitrogens is 4. The molecule has 5 rings (SSSR count). The fourth-order valence-corrected chi connectivity index (χ4v) is 5.40. The van der Waals surface area contributed by atoms with E-state index in [4.69, 9.17) is 0 Å². The molecule has 3 heterocycles.